The number of benzene rings is 1. The molecular weight excluding hydrogens is 246 g/mol. The second-order valence-electron chi connectivity index (χ2n) is 5.24. The second kappa shape index (κ2) is 5.12. The predicted molar refractivity (Wildman–Crippen MR) is 75.6 cm³/mol. The molecule has 1 heterocycles. The first-order valence-electron chi connectivity index (χ1n) is 6.03. The van der Waals surface area contributed by atoms with E-state index in [-0.39, 0.29) is 5.54 Å². The zero-order valence-corrected chi connectivity index (χ0v) is 11.5. The minimum Gasteiger partial charge on any atom is -0.342 e. The Balaban J connectivity index is 2.08. The van der Waals surface area contributed by atoms with Crippen molar-refractivity contribution in [2.75, 3.05) is 0 Å². The van der Waals surface area contributed by atoms with Gasteiger partial charge in [-0.3, -0.25) is 0 Å². The molecule has 2 rings (SSSR count). The number of hydrogen-bond acceptors (Lipinski definition) is 2. The Bertz CT molecular complexity index is 509. The molecule has 0 aliphatic carbocycles. The van der Waals surface area contributed by atoms with Gasteiger partial charge in [0.25, 0.3) is 0 Å². The quantitative estimate of drug-likeness (QED) is 0.888. The highest BCUT2D eigenvalue weighted by atomic mass is 35.5. The van der Waals surface area contributed by atoms with E-state index < -0.39 is 0 Å². The number of aromatic nitrogens is 2. The third-order valence-electron chi connectivity index (χ3n) is 2.79. The van der Waals surface area contributed by atoms with Crippen molar-refractivity contribution in [3.63, 3.8) is 0 Å². The summed E-state index contributed by atoms with van der Waals surface area (Å²) < 4.78 is 0. The minimum absolute atomic E-state index is 0.159. The molecule has 96 valence electrons. The van der Waals surface area contributed by atoms with E-state index in [2.05, 4.69) is 9.97 Å². The summed E-state index contributed by atoms with van der Waals surface area (Å²) in [5.74, 6) is 0.971. The smallest absolute Gasteiger partial charge is 0.106 e. The maximum absolute atomic E-state index is 5.96. The van der Waals surface area contributed by atoms with Crippen LogP contribution in [0, 0.1) is 0 Å². The molecule has 2 aromatic rings. The Kier molecular flexibility index (Phi) is 3.73. The van der Waals surface area contributed by atoms with Crippen LogP contribution in [0.2, 0.25) is 5.02 Å². The molecule has 1 aromatic carbocycles. The summed E-state index contributed by atoms with van der Waals surface area (Å²) in [4.78, 5) is 7.69. The first kappa shape index (κ1) is 13.1. The standard InChI is InChI=1S/C14H18ClN3/c1-14(2,16)8-7-13-17-9-12(18-13)10-3-5-11(15)6-4-10/h3-6,9H,7-8,16H2,1-2H3,(H,17,18). The summed E-state index contributed by atoms with van der Waals surface area (Å²) in [6.45, 7) is 4.05. The normalized spacial score (nSPS) is 11.8. The van der Waals surface area contributed by atoms with Crippen LogP contribution in [-0.4, -0.2) is 15.5 Å². The number of nitrogens with zero attached hydrogens (tertiary/aromatic N) is 1. The van der Waals surface area contributed by atoms with Crippen molar-refractivity contribution in [1.29, 1.82) is 0 Å². The average Bonchev–Trinajstić information content (AvgIpc) is 2.75. The van der Waals surface area contributed by atoms with Crippen molar-refractivity contribution in [3.05, 3.63) is 41.3 Å². The van der Waals surface area contributed by atoms with Crippen molar-refractivity contribution >= 4 is 11.6 Å². The average molecular weight is 264 g/mol. The van der Waals surface area contributed by atoms with Gasteiger partial charge in [0.05, 0.1) is 11.9 Å². The number of nitrogens with one attached hydrogen (secondary N) is 1. The number of hydrogen-bond donors (Lipinski definition) is 2. The maximum atomic E-state index is 5.96. The highest BCUT2D eigenvalue weighted by molar-refractivity contribution is 6.30. The first-order chi connectivity index (χ1) is 8.44. The third kappa shape index (κ3) is 3.59. The molecule has 1 aromatic heterocycles. The molecular formula is C14H18ClN3. The molecule has 0 atom stereocenters. The first-order valence-corrected chi connectivity index (χ1v) is 6.40. The number of aryl methyl sites for hydroxylation is 1. The lowest BCUT2D eigenvalue weighted by Crippen LogP contribution is -2.32. The Hall–Kier alpha value is -1.32. The summed E-state index contributed by atoms with van der Waals surface area (Å²) in [6, 6.07) is 7.71. The number of rotatable bonds is 4. The molecule has 0 aliphatic heterocycles. The molecule has 0 aliphatic rings. The SMILES string of the molecule is CC(C)(N)CCc1ncc(-c2ccc(Cl)cc2)[nH]1. The summed E-state index contributed by atoms with van der Waals surface area (Å²) in [5.41, 5.74) is 7.90. The van der Waals surface area contributed by atoms with E-state index in [1.165, 1.54) is 0 Å². The number of nitrogens with two attached hydrogens (primary N) is 1. The van der Waals surface area contributed by atoms with Crippen molar-refractivity contribution in [3.8, 4) is 11.3 Å². The van der Waals surface area contributed by atoms with Crippen LogP contribution >= 0.6 is 11.6 Å². The van der Waals surface area contributed by atoms with E-state index >= 15 is 0 Å². The molecule has 0 unspecified atom stereocenters. The number of H-pyrrole nitrogens is 1. The van der Waals surface area contributed by atoms with Crippen LogP contribution in [0.3, 0.4) is 0 Å². The molecule has 4 heteroatoms. The topological polar surface area (TPSA) is 54.7 Å². The monoisotopic (exact) mass is 263 g/mol. The lowest BCUT2D eigenvalue weighted by atomic mass is 10.0. The van der Waals surface area contributed by atoms with Crippen LogP contribution in [0.15, 0.2) is 30.5 Å². The molecule has 0 saturated carbocycles. The van der Waals surface area contributed by atoms with E-state index in [4.69, 9.17) is 17.3 Å². The summed E-state index contributed by atoms with van der Waals surface area (Å²) >= 11 is 5.86. The fraction of sp³-hybridized carbons (Fsp3) is 0.357. The van der Waals surface area contributed by atoms with Gasteiger partial charge >= 0.3 is 0 Å². The van der Waals surface area contributed by atoms with Crippen molar-refractivity contribution in [1.82, 2.24) is 9.97 Å². The number of aromatic amines is 1. The van der Waals surface area contributed by atoms with Crippen molar-refractivity contribution < 1.29 is 0 Å². The molecule has 0 spiro atoms. The molecule has 18 heavy (non-hydrogen) atoms. The molecule has 0 fully saturated rings. The Labute approximate surface area is 112 Å². The summed E-state index contributed by atoms with van der Waals surface area (Å²) in [7, 11) is 0. The van der Waals surface area contributed by atoms with Gasteiger partial charge in [0.15, 0.2) is 0 Å². The van der Waals surface area contributed by atoms with Gasteiger partial charge in [0.1, 0.15) is 5.82 Å². The highest BCUT2D eigenvalue weighted by Gasteiger charge is 2.12. The fourth-order valence-corrected chi connectivity index (χ4v) is 1.83. The van der Waals surface area contributed by atoms with Crippen LogP contribution in [-0.2, 0) is 6.42 Å². The van der Waals surface area contributed by atoms with E-state index in [9.17, 15) is 0 Å². The number of imidazole rings is 1. The van der Waals surface area contributed by atoms with E-state index in [1.807, 2.05) is 44.3 Å². The predicted octanol–water partition coefficient (Wildman–Crippen LogP) is 3.40. The van der Waals surface area contributed by atoms with Crippen LogP contribution in [0.1, 0.15) is 26.1 Å². The van der Waals surface area contributed by atoms with Gasteiger partial charge in [-0.25, -0.2) is 4.98 Å². The zero-order chi connectivity index (χ0) is 13.2. The molecule has 0 radical (unpaired) electrons. The Morgan fingerprint density at radius 1 is 1.28 bits per heavy atom. The van der Waals surface area contributed by atoms with Crippen LogP contribution < -0.4 is 5.73 Å². The van der Waals surface area contributed by atoms with E-state index in [0.29, 0.717) is 0 Å². The van der Waals surface area contributed by atoms with Gasteiger partial charge in [0, 0.05) is 17.0 Å². The van der Waals surface area contributed by atoms with Crippen LogP contribution in [0.5, 0.6) is 0 Å². The van der Waals surface area contributed by atoms with Gasteiger partial charge < -0.3 is 10.7 Å². The highest BCUT2D eigenvalue weighted by Crippen LogP contribution is 2.20. The van der Waals surface area contributed by atoms with Crippen LogP contribution in [0.25, 0.3) is 11.3 Å². The van der Waals surface area contributed by atoms with E-state index in [1.54, 1.807) is 0 Å². The van der Waals surface area contributed by atoms with Crippen molar-refractivity contribution in [2.45, 2.75) is 32.2 Å². The summed E-state index contributed by atoms with van der Waals surface area (Å²) in [6.07, 6.45) is 3.61. The third-order valence-corrected chi connectivity index (χ3v) is 3.04. The van der Waals surface area contributed by atoms with Gasteiger partial charge in [-0.05, 0) is 38.0 Å². The second-order valence-corrected chi connectivity index (χ2v) is 5.68. The molecule has 3 N–H and O–H groups in total. The maximum Gasteiger partial charge on any atom is 0.106 e. The van der Waals surface area contributed by atoms with Crippen LogP contribution in [0.4, 0.5) is 0 Å². The van der Waals surface area contributed by atoms with Gasteiger partial charge in [-0.15, -0.1) is 0 Å². The lowest BCUT2D eigenvalue weighted by Gasteiger charge is -2.16. The van der Waals surface area contributed by atoms with Gasteiger partial charge in [-0.1, -0.05) is 23.7 Å². The zero-order valence-electron chi connectivity index (χ0n) is 10.7. The molecule has 3 nitrogen and oxygen atoms in total. The molecule has 0 bridgehead atoms. The van der Waals surface area contributed by atoms with E-state index in [0.717, 1.165) is 34.9 Å². The Morgan fingerprint density at radius 2 is 1.94 bits per heavy atom. The molecule has 0 saturated heterocycles. The lowest BCUT2D eigenvalue weighted by molar-refractivity contribution is 0.472. The largest absolute Gasteiger partial charge is 0.342 e. The van der Waals surface area contributed by atoms with Gasteiger partial charge in [0.2, 0.25) is 0 Å². The van der Waals surface area contributed by atoms with Crippen molar-refractivity contribution in [2.24, 2.45) is 5.73 Å². The summed E-state index contributed by atoms with van der Waals surface area (Å²) in [5, 5.41) is 0.739. The minimum atomic E-state index is -0.159. The fourth-order valence-electron chi connectivity index (χ4n) is 1.71. The van der Waals surface area contributed by atoms with Gasteiger partial charge in [-0.2, -0.15) is 0 Å². The Morgan fingerprint density at radius 3 is 2.56 bits per heavy atom. The molecule has 0 amide bonds. The number of halogens is 1.